The number of hydrogen-bond donors (Lipinski definition) is 3. The van der Waals surface area contributed by atoms with Gasteiger partial charge in [-0.1, -0.05) is 39.8 Å². The molecule has 5 atom stereocenters. The van der Waals surface area contributed by atoms with Crippen molar-refractivity contribution >= 4 is 23.6 Å². The van der Waals surface area contributed by atoms with E-state index in [2.05, 4.69) is 15.6 Å². The fourth-order valence-electron chi connectivity index (χ4n) is 5.10. The molecule has 1 aromatic rings. The summed E-state index contributed by atoms with van der Waals surface area (Å²) in [4.78, 5) is 52.2. The smallest absolute Gasteiger partial charge is 0.368 e. The first kappa shape index (κ1) is 28.4. The third-order valence-electron chi connectivity index (χ3n) is 7.63. The van der Waals surface area contributed by atoms with Crippen LogP contribution in [0, 0.1) is 36.5 Å². The Bertz CT molecular complexity index is 1110. The first-order valence-corrected chi connectivity index (χ1v) is 11.9. The number of primary amides is 1. The fourth-order valence-corrected chi connectivity index (χ4v) is 5.10. The molecule has 11 nitrogen and oxygen atoms in total. The Morgan fingerprint density at radius 2 is 1.73 bits per heavy atom. The summed E-state index contributed by atoms with van der Waals surface area (Å²) in [6, 6.07) is -3.76. The van der Waals surface area contributed by atoms with Crippen molar-refractivity contribution in [1.82, 2.24) is 30.5 Å². The maximum Gasteiger partial charge on any atom is 0.471 e. The molecular formula is C23H34F3N7O4. The number of likely N-dealkylation sites (tertiary alicyclic amines) is 1. The zero-order chi connectivity index (χ0) is 28.2. The van der Waals surface area contributed by atoms with Gasteiger partial charge in [-0.25, -0.2) is 4.68 Å². The van der Waals surface area contributed by atoms with Crippen LogP contribution in [0.1, 0.15) is 46.0 Å². The van der Waals surface area contributed by atoms with Gasteiger partial charge in [0.2, 0.25) is 17.7 Å². The largest absolute Gasteiger partial charge is 0.471 e. The normalized spacial score (nSPS) is 24.2. The molecule has 1 aliphatic carbocycles. The number of hydrogen-bond acceptors (Lipinski definition) is 6. The summed E-state index contributed by atoms with van der Waals surface area (Å²) in [6.07, 6.45) is -5.18. The fraction of sp³-hybridized carbons (Fsp3) is 0.739. The van der Waals surface area contributed by atoms with Crippen molar-refractivity contribution in [3.8, 4) is 0 Å². The molecule has 0 spiro atoms. The molecule has 0 unspecified atom stereocenters. The number of nitrogens with two attached hydrogens (primary N) is 1. The van der Waals surface area contributed by atoms with Gasteiger partial charge in [-0.3, -0.25) is 19.2 Å². The predicted octanol–water partition coefficient (Wildman–Crippen LogP) is 0.441. The number of aryl methyl sites for hydroxylation is 1. The van der Waals surface area contributed by atoms with Crippen molar-refractivity contribution in [2.24, 2.45) is 28.4 Å². The SMILES string of the molecule is Cc1nnn(C[C@H](NC(=O)[C@@H]2[C@@H]3[C@H](CN2C(=O)[C@@H](NC(=O)C(F)(F)F)C(C)(C)C)C3(C)C)C(N)=O)c1C. The number of fused-ring (bicyclic) bond motifs is 1. The molecule has 4 amide bonds. The minimum atomic E-state index is -5.18. The zero-order valence-electron chi connectivity index (χ0n) is 21.9. The molecule has 0 aromatic carbocycles. The molecule has 1 aliphatic heterocycles. The van der Waals surface area contributed by atoms with E-state index < -0.39 is 53.3 Å². The number of rotatable bonds is 7. The number of carbonyl (C=O) groups is 4. The molecule has 1 aromatic heterocycles. The van der Waals surface area contributed by atoms with E-state index in [-0.39, 0.29) is 30.3 Å². The average Bonchev–Trinajstić information content (AvgIpc) is 3.07. The highest BCUT2D eigenvalue weighted by atomic mass is 19.4. The zero-order valence-corrected chi connectivity index (χ0v) is 21.9. The van der Waals surface area contributed by atoms with Gasteiger partial charge < -0.3 is 21.3 Å². The molecule has 0 bridgehead atoms. The second kappa shape index (κ2) is 9.28. The lowest BCUT2D eigenvalue weighted by molar-refractivity contribution is -0.176. The third kappa shape index (κ3) is 5.42. The summed E-state index contributed by atoms with van der Waals surface area (Å²) in [6.45, 7) is 12.0. The molecule has 0 radical (unpaired) electrons. The highest BCUT2D eigenvalue weighted by molar-refractivity contribution is 5.96. The first-order valence-electron chi connectivity index (χ1n) is 11.9. The van der Waals surface area contributed by atoms with Crippen LogP contribution >= 0.6 is 0 Å². The van der Waals surface area contributed by atoms with E-state index in [9.17, 15) is 32.3 Å². The van der Waals surface area contributed by atoms with Gasteiger partial charge in [-0.05, 0) is 36.5 Å². The van der Waals surface area contributed by atoms with Crippen molar-refractivity contribution in [1.29, 1.82) is 0 Å². The van der Waals surface area contributed by atoms with Crippen LogP contribution in [0.25, 0.3) is 0 Å². The van der Waals surface area contributed by atoms with Gasteiger partial charge in [0.1, 0.15) is 18.1 Å². The van der Waals surface area contributed by atoms with E-state index >= 15 is 0 Å². The van der Waals surface area contributed by atoms with Crippen LogP contribution < -0.4 is 16.4 Å². The maximum atomic E-state index is 13.6. The molecular weight excluding hydrogens is 495 g/mol. The van der Waals surface area contributed by atoms with E-state index in [1.807, 2.05) is 13.8 Å². The molecule has 4 N–H and O–H groups in total. The molecule has 3 rings (SSSR count). The average molecular weight is 530 g/mol. The van der Waals surface area contributed by atoms with Crippen molar-refractivity contribution in [3.05, 3.63) is 11.4 Å². The number of aromatic nitrogens is 3. The first-order chi connectivity index (χ1) is 16.8. The summed E-state index contributed by atoms with van der Waals surface area (Å²) in [7, 11) is 0. The number of piperidine rings is 1. The Balaban J connectivity index is 1.87. The molecule has 14 heteroatoms. The number of amides is 4. The van der Waals surface area contributed by atoms with Gasteiger partial charge in [0, 0.05) is 6.54 Å². The second-order valence-electron chi connectivity index (χ2n) is 11.6. The van der Waals surface area contributed by atoms with Crippen LogP contribution in [-0.2, 0) is 25.7 Å². The van der Waals surface area contributed by atoms with Crippen LogP contribution in [0.5, 0.6) is 0 Å². The van der Waals surface area contributed by atoms with Crippen molar-refractivity contribution in [2.75, 3.05) is 6.54 Å². The molecule has 2 fully saturated rings. The van der Waals surface area contributed by atoms with Crippen molar-refractivity contribution < 1.29 is 32.3 Å². The summed E-state index contributed by atoms with van der Waals surface area (Å²) >= 11 is 0. The third-order valence-corrected chi connectivity index (χ3v) is 7.63. The maximum absolute atomic E-state index is 13.6. The predicted molar refractivity (Wildman–Crippen MR) is 124 cm³/mol. The summed E-state index contributed by atoms with van der Waals surface area (Å²) in [5.41, 5.74) is 5.46. The van der Waals surface area contributed by atoms with Crippen LogP contribution in [0.4, 0.5) is 13.2 Å². The van der Waals surface area contributed by atoms with Crippen molar-refractivity contribution in [3.63, 3.8) is 0 Å². The Morgan fingerprint density at radius 1 is 1.14 bits per heavy atom. The van der Waals surface area contributed by atoms with Crippen LogP contribution in [-0.4, -0.2) is 74.4 Å². The van der Waals surface area contributed by atoms with E-state index in [0.29, 0.717) is 11.4 Å². The van der Waals surface area contributed by atoms with E-state index in [1.54, 1.807) is 19.2 Å². The Morgan fingerprint density at radius 3 is 2.19 bits per heavy atom. The van der Waals surface area contributed by atoms with Crippen molar-refractivity contribution in [2.45, 2.75) is 79.3 Å². The Hall–Kier alpha value is -3.19. The lowest BCUT2D eigenvalue weighted by Gasteiger charge is -2.38. The minimum absolute atomic E-state index is 0.0710. The molecule has 206 valence electrons. The lowest BCUT2D eigenvalue weighted by atomic mass is 9.85. The number of carbonyl (C=O) groups excluding carboxylic acids is 4. The lowest BCUT2D eigenvalue weighted by Crippen LogP contribution is -2.61. The molecule has 2 heterocycles. The summed E-state index contributed by atoms with van der Waals surface area (Å²) in [5, 5.41) is 12.3. The topological polar surface area (TPSA) is 152 Å². The molecule has 37 heavy (non-hydrogen) atoms. The number of alkyl halides is 3. The summed E-state index contributed by atoms with van der Waals surface area (Å²) < 4.78 is 40.4. The van der Waals surface area contributed by atoms with Gasteiger partial charge in [-0.15, -0.1) is 5.10 Å². The van der Waals surface area contributed by atoms with Gasteiger partial charge in [-0.2, -0.15) is 13.2 Å². The number of nitrogens with one attached hydrogen (secondary N) is 2. The van der Waals surface area contributed by atoms with Crippen LogP contribution in [0.2, 0.25) is 0 Å². The Labute approximate surface area is 212 Å². The van der Waals surface area contributed by atoms with Gasteiger partial charge in [0.25, 0.3) is 0 Å². The highest BCUT2D eigenvalue weighted by Crippen LogP contribution is 2.65. The van der Waals surface area contributed by atoms with Crippen LogP contribution in [0.3, 0.4) is 0 Å². The van der Waals surface area contributed by atoms with E-state index in [0.717, 1.165) is 0 Å². The van der Waals surface area contributed by atoms with Gasteiger partial charge in [0.15, 0.2) is 0 Å². The van der Waals surface area contributed by atoms with E-state index in [4.69, 9.17) is 5.73 Å². The standard InChI is InChI=1S/C23H34F3N7O4/c1-10-11(2)33(31-30-10)9-13(17(27)34)28-18(35)15-14-12(22(14,6)7)8-32(15)19(36)16(21(3,4)5)29-20(37)23(24,25)26/h12-16H,8-9H2,1-7H3,(H2,27,34)(H,28,35)(H,29,37)/t12-,13-,14-,15-,16+/m0/s1. The number of halogens is 3. The number of nitrogens with zero attached hydrogens (tertiary/aromatic N) is 4. The quantitative estimate of drug-likeness (QED) is 0.466. The molecule has 2 aliphatic rings. The minimum Gasteiger partial charge on any atom is -0.368 e. The monoisotopic (exact) mass is 529 g/mol. The molecule has 1 saturated heterocycles. The summed E-state index contributed by atoms with van der Waals surface area (Å²) in [5.74, 6) is -4.86. The van der Waals surface area contributed by atoms with E-state index in [1.165, 1.54) is 30.4 Å². The molecule has 1 saturated carbocycles. The highest BCUT2D eigenvalue weighted by Gasteiger charge is 2.70. The van der Waals surface area contributed by atoms with Gasteiger partial charge in [0.05, 0.1) is 17.9 Å². The van der Waals surface area contributed by atoms with Gasteiger partial charge >= 0.3 is 12.1 Å². The van der Waals surface area contributed by atoms with Crippen LogP contribution in [0.15, 0.2) is 0 Å². The Kier molecular flexibility index (Phi) is 7.12. The second-order valence-corrected chi connectivity index (χ2v) is 11.6.